The summed E-state index contributed by atoms with van der Waals surface area (Å²) in [7, 11) is 3.10. The number of hydrogen-bond acceptors (Lipinski definition) is 6. The zero-order valence-electron chi connectivity index (χ0n) is 18.3. The number of halogens is 2. The molecule has 34 heavy (non-hydrogen) atoms. The molecule has 5 rings (SSSR count). The number of ether oxygens (including phenoxy) is 2. The van der Waals surface area contributed by atoms with E-state index in [4.69, 9.17) is 37.5 Å². The largest absolute Gasteiger partial charge is 0.497 e. The highest BCUT2D eigenvalue weighted by atomic mass is 35.5. The van der Waals surface area contributed by atoms with E-state index in [2.05, 4.69) is 0 Å². The summed E-state index contributed by atoms with van der Waals surface area (Å²) < 4.78 is 11.0. The second-order valence-corrected chi connectivity index (χ2v) is 8.66. The molecule has 174 valence electrons. The molecule has 3 aromatic rings. The van der Waals surface area contributed by atoms with Gasteiger partial charge in [0.25, 0.3) is 5.91 Å². The van der Waals surface area contributed by atoms with Crippen molar-refractivity contribution in [2.75, 3.05) is 24.2 Å². The second-order valence-electron chi connectivity index (χ2n) is 7.85. The van der Waals surface area contributed by atoms with Crippen molar-refractivity contribution < 1.29 is 23.9 Å². The average Bonchev–Trinajstić information content (AvgIpc) is 3.36. The fourth-order valence-electron chi connectivity index (χ4n) is 4.52. The maximum Gasteiger partial charge on any atom is 0.266 e. The molecule has 0 N–H and O–H groups in total. The Morgan fingerprint density at radius 1 is 0.853 bits per heavy atom. The lowest BCUT2D eigenvalue weighted by Gasteiger charge is -2.30. The van der Waals surface area contributed by atoms with Gasteiger partial charge in [-0.1, -0.05) is 47.5 Å². The van der Waals surface area contributed by atoms with Crippen LogP contribution in [0.25, 0.3) is 0 Å². The van der Waals surface area contributed by atoms with E-state index in [1.807, 2.05) is 30.3 Å². The van der Waals surface area contributed by atoms with E-state index < -0.39 is 29.9 Å². The Morgan fingerprint density at radius 2 is 1.56 bits per heavy atom. The van der Waals surface area contributed by atoms with Crippen LogP contribution in [-0.2, 0) is 14.4 Å². The van der Waals surface area contributed by atoms with Crippen LogP contribution in [0.3, 0.4) is 0 Å². The zero-order chi connectivity index (χ0) is 24.0. The van der Waals surface area contributed by atoms with Gasteiger partial charge in [-0.2, -0.15) is 0 Å². The number of nitrogens with zero attached hydrogens (tertiary/aromatic N) is 2. The maximum absolute atomic E-state index is 13.8. The Kier molecular flexibility index (Phi) is 5.85. The van der Waals surface area contributed by atoms with Crippen molar-refractivity contribution in [1.82, 2.24) is 0 Å². The van der Waals surface area contributed by atoms with E-state index in [9.17, 15) is 9.59 Å². The minimum atomic E-state index is -1.07. The standard InChI is InChI=1S/C25H20Cl2N2O5/c1-32-15-11-12-19(33-2)16(13-15)21-20-23(34-29(21)14-7-4-3-5-8-14)25(31)28(24(20)30)22-17(26)9-6-10-18(22)27/h3-13,20-21,23H,1-2H3/t20-,21-,23-/m1/s1. The van der Waals surface area contributed by atoms with Crippen molar-refractivity contribution in [3.8, 4) is 11.5 Å². The molecule has 2 heterocycles. The molecule has 0 spiro atoms. The predicted molar refractivity (Wildman–Crippen MR) is 129 cm³/mol. The Labute approximate surface area is 206 Å². The number of anilines is 2. The molecule has 0 radical (unpaired) electrons. The molecule has 0 saturated carbocycles. The van der Waals surface area contributed by atoms with Gasteiger partial charge in [0.05, 0.1) is 35.6 Å². The predicted octanol–water partition coefficient (Wildman–Crippen LogP) is 5.06. The molecule has 2 amide bonds. The molecule has 7 nitrogen and oxygen atoms in total. The minimum Gasteiger partial charge on any atom is -0.497 e. The summed E-state index contributed by atoms with van der Waals surface area (Å²) in [5, 5.41) is 1.99. The Bertz CT molecular complexity index is 1250. The summed E-state index contributed by atoms with van der Waals surface area (Å²) in [6, 6.07) is 18.7. The van der Waals surface area contributed by atoms with Crippen molar-refractivity contribution in [2.24, 2.45) is 5.92 Å². The summed E-state index contributed by atoms with van der Waals surface area (Å²) in [6.07, 6.45) is -1.07. The third-order valence-electron chi connectivity index (χ3n) is 6.04. The first-order valence-electron chi connectivity index (χ1n) is 10.5. The molecular formula is C25H20Cl2N2O5. The van der Waals surface area contributed by atoms with E-state index in [0.717, 1.165) is 4.90 Å². The van der Waals surface area contributed by atoms with Gasteiger partial charge in [-0.05, 0) is 42.5 Å². The number of hydroxylamine groups is 1. The SMILES string of the molecule is COc1ccc(OC)c([C@@H]2[C@H]3C(=O)N(c4c(Cl)cccc4Cl)C(=O)[C@@H]3ON2c2ccccc2)c1. The topological polar surface area (TPSA) is 68.3 Å². The van der Waals surface area contributed by atoms with E-state index in [1.54, 1.807) is 55.7 Å². The molecule has 9 heteroatoms. The number of hydrogen-bond donors (Lipinski definition) is 0. The molecule has 0 bridgehead atoms. The summed E-state index contributed by atoms with van der Waals surface area (Å²) >= 11 is 12.7. The van der Waals surface area contributed by atoms with Gasteiger partial charge < -0.3 is 9.47 Å². The maximum atomic E-state index is 13.8. The van der Waals surface area contributed by atoms with Gasteiger partial charge in [-0.15, -0.1) is 0 Å². The highest BCUT2D eigenvalue weighted by Gasteiger charge is 2.61. The number of rotatable bonds is 5. The quantitative estimate of drug-likeness (QED) is 0.458. The van der Waals surface area contributed by atoms with Gasteiger partial charge in [0.2, 0.25) is 5.91 Å². The average molecular weight is 499 g/mol. The fraction of sp³-hybridized carbons (Fsp3) is 0.200. The number of imide groups is 1. The lowest BCUT2D eigenvalue weighted by atomic mass is 9.89. The molecule has 0 aromatic heterocycles. The van der Waals surface area contributed by atoms with Gasteiger partial charge in [-0.3, -0.25) is 14.4 Å². The van der Waals surface area contributed by atoms with Crippen LogP contribution in [0.1, 0.15) is 11.6 Å². The molecule has 2 saturated heterocycles. The summed E-state index contributed by atoms with van der Waals surface area (Å²) in [6.45, 7) is 0. The van der Waals surface area contributed by atoms with Crippen LogP contribution in [0.4, 0.5) is 11.4 Å². The summed E-state index contributed by atoms with van der Waals surface area (Å²) in [5.74, 6) is -0.754. The first kappa shape index (κ1) is 22.5. The zero-order valence-corrected chi connectivity index (χ0v) is 19.8. The van der Waals surface area contributed by atoms with E-state index >= 15 is 0 Å². The minimum absolute atomic E-state index is 0.154. The number of methoxy groups -OCH3 is 2. The first-order valence-corrected chi connectivity index (χ1v) is 11.3. The third kappa shape index (κ3) is 3.48. The number of para-hydroxylation sites is 2. The molecule has 0 unspecified atom stereocenters. The number of carbonyl (C=O) groups excluding carboxylic acids is 2. The lowest BCUT2D eigenvalue weighted by molar-refractivity contribution is -0.126. The summed E-state index contributed by atoms with van der Waals surface area (Å²) in [5.41, 5.74) is 1.49. The highest BCUT2D eigenvalue weighted by molar-refractivity contribution is 6.42. The van der Waals surface area contributed by atoms with Crippen molar-refractivity contribution in [3.05, 3.63) is 82.3 Å². The Morgan fingerprint density at radius 3 is 2.21 bits per heavy atom. The van der Waals surface area contributed by atoms with Gasteiger partial charge in [0.15, 0.2) is 6.10 Å². The van der Waals surface area contributed by atoms with Gasteiger partial charge in [-0.25, -0.2) is 9.96 Å². The monoisotopic (exact) mass is 498 g/mol. The summed E-state index contributed by atoms with van der Waals surface area (Å²) in [4.78, 5) is 34.5. The normalized spacial score (nSPS) is 21.7. The van der Waals surface area contributed by atoms with Crippen LogP contribution in [-0.4, -0.2) is 32.1 Å². The third-order valence-corrected chi connectivity index (χ3v) is 6.65. The smallest absolute Gasteiger partial charge is 0.266 e. The van der Waals surface area contributed by atoms with Crippen molar-refractivity contribution >= 4 is 46.4 Å². The van der Waals surface area contributed by atoms with E-state index in [0.29, 0.717) is 22.7 Å². The molecule has 2 aliphatic rings. The molecule has 3 aromatic carbocycles. The van der Waals surface area contributed by atoms with Gasteiger partial charge >= 0.3 is 0 Å². The van der Waals surface area contributed by atoms with Crippen molar-refractivity contribution in [2.45, 2.75) is 12.1 Å². The van der Waals surface area contributed by atoms with Crippen LogP contribution in [0, 0.1) is 5.92 Å². The van der Waals surface area contributed by atoms with Crippen molar-refractivity contribution in [1.29, 1.82) is 0 Å². The van der Waals surface area contributed by atoms with Crippen LogP contribution in [0.15, 0.2) is 66.7 Å². The van der Waals surface area contributed by atoms with E-state index in [1.165, 1.54) is 0 Å². The van der Waals surface area contributed by atoms with Crippen molar-refractivity contribution in [3.63, 3.8) is 0 Å². The second kappa shape index (κ2) is 8.83. The van der Waals surface area contributed by atoms with Gasteiger partial charge in [0, 0.05) is 5.56 Å². The molecule has 2 fully saturated rings. The number of fused-ring (bicyclic) bond motifs is 1. The highest BCUT2D eigenvalue weighted by Crippen LogP contribution is 2.51. The lowest BCUT2D eigenvalue weighted by Crippen LogP contribution is -2.37. The first-order chi connectivity index (χ1) is 16.5. The van der Waals surface area contributed by atoms with Crippen LogP contribution in [0.2, 0.25) is 10.0 Å². The fourth-order valence-corrected chi connectivity index (χ4v) is 5.09. The van der Waals surface area contributed by atoms with Crippen LogP contribution < -0.4 is 19.4 Å². The number of amides is 2. The molecule has 2 aliphatic heterocycles. The molecule has 0 aliphatic carbocycles. The van der Waals surface area contributed by atoms with Gasteiger partial charge in [0.1, 0.15) is 23.5 Å². The number of benzene rings is 3. The van der Waals surface area contributed by atoms with Crippen LogP contribution >= 0.6 is 23.2 Å². The van der Waals surface area contributed by atoms with E-state index in [-0.39, 0.29) is 15.7 Å². The molecular weight excluding hydrogens is 479 g/mol. The number of carbonyl (C=O) groups is 2. The molecule has 3 atom stereocenters. The Hall–Kier alpha value is -3.26. The Balaban J connectivity index is 1.66. The van der Waals surface area contributed by atoms with Crippen LogP contribution in [0.5, 0.6) is 11.5 Å².